The van der Waals surface area contributed by atoms with Crippen LogP contribution in [-0.4, -0.2) is 29.8 Å². The standard InChI is InChI=1S/C23H27NO/c1-2-13-23-14-16-24(17-15-23)21(22(23)25)20(18-9-5-3-6-10-18)19-11-7-4-8-12-19/h3-12,20-21H,2,13-17H2,1H3. The minimum Gasteiger partial charge on any atom is -0.297 e. The molecule has 2 aromatic rings. The zero-order chi connectivity index (χ0) is 17.3. The molecule has 2 bridgehead atoms. The molecule has 0 aromatic heterocycles. The fraction of sp³-hybridized carbons (Fsp3) is 0.435. The number of carbonyl (C=O) groups is 1. The Bertz CT molecular complexity index is 671. The predicted octanol–water partition coefficient (Wildman–Crippen LogP) is 4.65. The van der Waals surface area contributed by atoms with Crippen molar-refractivity contribution in [2.24, 2.45) is 5.41 Å². The van der Waals surface area contributed by atoms with Crippen LogP contribution in [0.2, 0.25) is 0 Å². The second-order valence-electron chi connectivity index (χ2n) is 7.67. The molecule has 1 atom stereocenters. The van der Waals surface area contributed by atoms with Crippen molar-refractivity contribution in [1.29, 1.82) is 0 Å². The van der Waals surface area contributed by atoms with Crippen LogP contribution < -0.4 is 0 Å². The molecule has 2 nitrogen and oxygen atoms in total. The van der Waals surface area contributed by atoms with E-state index in [1.54, 1.807) is 0 Å². The minimum atomic E-state index is -0.0734. The Morgan fingerprint density at radius 1 is 0.960 bits per heavy atom. The van der Waals surface area contributed by atoms with Crippen LogP contribution in [0.3, 0.4) is 0 Å². The van der Waals surface area contributed by atoms with Crippen LogP contribution in [0.15, 0.2) is 60.7 Å². The van der Waals surface area contributed by atoms with Crippen molar-refractivity contribution in [3.05, 3.63) is 71.8 Å². The number of piperidine rings is 3. The molecule has 2 aromatic carbocycles. The smallest absolute Gasteiger partial charge is 0.157 e. The molecule has 0 radical (unpaired) electrons. The van der Waals surface area contributed by atoms with Crippen molar-refractivity contribution in [2.45, 2.75) is 44.6 Å². The molecule has 2 heteroatoms. The Labute approximate surface area is 150 Å². The second-order valence-corrected chi connectivity index (χ2v) is 7.67. The number of fused-ring (bicyclic) bond motifs is 3. The molecule has 3 heterocycles. The van der Waals surface area contributed by atoms with Crippen molar-refractivity contribution in [3.63, 3.8) is 0 Å². The van der Waals surface area contributed by atoms with Crippen LogP contribution in [0.1, 0.15) is 49.7 Å². The predicted molar refractivity (Wildman–Crippen MR) is 102 cm³/mol. The van der Waals surface area contributed by atoms with Crippen LogP contribution in [0.25, 0.3) is 0 Å². The monoisotopic (exact) mass is 333 g/mol. The van der Waals surface area contributed by atoms with Gasteiger partial charge in [0.2, 0.25) is 0 Å². The topological polar surface area (TPSA) is 20.3 Å². The van der Waals surface area contributed by atoms with Gasteiger partial charge >= 0.3 is 0 Å². The summed E-state index contributed by atoms with van der Waals surface area (Å²) in [6.45, 7) is 4.34. The van der Waals surface area contributed by atoms with Crippen molar-refractivity contribution in [2.75, 3.05) is 13.1 Å². The summed E-state index contributed by atoms with van der Waals surface area (Å²) in [6.07, 6.45) is 4.24. The number of hydrogen-bond donors (Lipinski definition) is 0. The summed E-state index contributed by atoms with van der Waals surface area (Å²) in [4.78, 5) is 16.1. The largest absolute Gasteiger partial charge is 0.297 e. The normalized spacial score (nSPS) is 28.5. The number of hydrogen-bond acceptors (Lipinski definition) is 2. The molecule has 0 spiro atoms. The highest BCUT2D eigenvalue weighted by molar-refractivity contribution is 5.92. The van der Waals surface area contributed by atoms with E-state index in [4.69, 9.17) is 0 Å². The molecule has 25 heavy (non-hydrogen) atoms. The summed E-state index contributed by atoms with van der Waals surface area (Å²) in [7, 11) is 0. The molecule has 0 amide bonds. The zero-order valence-electron chi connectivity index (χ0n) is 15.0. The van der Waals surface area contributed by atoms with Gasteiger partial charge in [0.25, 0.3) is 0 Å². The number of rotatable bonds is 5. The summed E-state index contributed by atoms with van der Waals surface area (Å²) < 4.78 is 0. The van der Waals surface area contributed by atoms with E-state index in [0.717, 1.165) is 38.8 Å². The second kappa shape index (κ2) is 6.76. The van der Waals surface area contributed by atoms with Gasteiger partial charge in [-0.3, -0.25) is 9.69 Å². The molecule has 3 fully saturated rings. The van der Waals surface area contributed by atoms with Crippen molar-refractivity contribution >= 4 is 5.78 Å². The molecule has 3 aliphatic rings. The Balaban J connectivity index is 1.79. The van der Waals surface area contributed by atoms with E-state index in [0.29, 0.717) is 5.78 Å². The van der Waals surface area contributed by atoms with Crippen molar-refractivity contribution in [1.82, 2.24) is 4.90 Å². The Kier molecular flexibility index (Phi) is 4.47. The molecule has 0 aliphatic carbocycles. The fourth-order valence-corrected chi connectivity index (χ4v) is 5.05. The molecule has 0 N–H and O–H groups in total. The lowest BCUT2D eigenvalue weighted by molar-refractivity contribution is -0.149. The lowest BCUT2D eigenvalue weighted by Crippen LogP contribution is -2.62. The van der Waals surface area contributed by atoms with Gasteiger partial charge in [-0.1, -0.05) is 74.0 Å². The quantitative estimate of drug-likeness (QED) is 0.793. The van der Waals surface area contributed by atoms with Gasteiger partial charge in [-0.15, -0.1) is 0 Å². The van der Waals surface area contributed by atoms with Gasteiger partial charge in [0.05, 0.1) is 6.04 Å². The van der Waals surface area contributed by atoms with Crippen LogP contribution in [0.5, 0.6) is 0 Å². The summed E-state index contributed by atoms with van der Waals surface area (Å²) in [5.74, 6) is 0.622. The molecule has 0 saturated carbocycles. The lowest BCUT2D eigenvalue weighted by Gasteiger charge is -2.53. The molecule has 5 rings (SSSR count). The zero-order valence-corrected chi connectivity index (χ0v) is 15.0. The first-order valence-electron chi connectivity index (χ1n) is 9.63. The Morgan fingerprint density at radius 3 is 1.96 bits per heavy atom. The minimum absolute atomic E-state index is 0.0150. The van der Waals surface area contributed by atoms with E-state index in [-0.39, 0.29) is 17.4 Å². The van der Waals surface area contributed by atoms with Crippen LogP contribution in [0, 0.1) is 5.41 Å². The van der Waals surface area contributed by atoms with E-state index >= 15 is 0 Å². The van der Waals surface area contributed by atoms with Gasteiger partial charge in [0, 0.05) is 11.3 Å². The maximum atomic E-state index is 13.6. The molecule has 3 aliphatic heterocycles. The Hall–Kier alpha value is -1.93. The van der Waals surface area contributed by atoms with E-state index in [2.05, 4.69) is 72.5 Å². The summed E-state index contributed by atoms with van der Waals surface area (Å²) in [5, 5.41) is 0. The maximum absolute atomic E-state index is 13.6. The summed E-state index contributed by atoms with van der Waals surface area (Å²) in [5.41, 5.74) is 2.44. The molecule has 130 valence electrons. The van der Waals surface area contributed by atoms with Gasteiger partial charge in [-0.25, -0.2) is 0 Å². The highest BCUT2D eigenvalue weighted by Crippen LogP contribution is 2.48. The maximum Gasteiger partial charge on any atom is 0.157 e. The average molecular weight is 333 g/mol. The Morgan fingerprint density at radius 2 is 1.48 bits per heavy atom. The van der Waals surface area contributed by atoms with E-state index in [9.17, 15) is 4.79 Å². The van der Waals surface area contributed by atoms with E-state index in [1.807, 2.05) is 0 Å². The van der Waals surface area contributed by atoms with Gasteiger partial charge < -0.3 is 0 Å². The first-order chi connectivity index (χ1) is 12.2. The summed E-state index contributed by atoms with van der Waals surface area (Å²) >= 11 is 0. The first kappa shape index (κ1) is 16.5. The van der Waals surface area contributed by atoms with Gasteiger partial charge in [-0.05, 0) is 43.5 Å². The van der Waals surface area contributed by atoms with E-state index < -0.39 is 0 Å². The lowest BCUT2D eigenvalue weighted by atomic mass is 9.62. The number of carbonyl (C=O) groups excluding carboxylic acids is 1. The number of benzene rings is 2. The van der Waals surface area contributed by atoms with Gasteiger partial charge in [0.1, 0.15) is 0 Å². The average Bonchev–Trinajstić information content (AvgIpc) is 2.67. The van der Waals surface area contributed by atoms with Gasteiger partial charge in [0.15, 0.2) is 5.78 Å². The van der Waals surface area contributed by atoms with Gasteiger partial charge in [-0.2, -0.15) is 0 Å². The highest BCUT2D eigenvalue weighted by atomic mass is 16.1. The van der Waals surface area contributed by atoms with Crippen molar-refractivity contribution in [3.8, 4) is 0 Å². The molecular weight excluding hydrogens is 306 g/mol. The number of ketones is 1. The summed E-state index contributed by atoms with van der Waals surface area (Å²) in [6, 6.07) is 21.2. The fourth-order valence-electron chi connectivity index (χ4n) is 5.05. The van der Waals surface area contributed by atoms with E-state index in [1.165, 1.54) is 11.1 Å². The van der Waals surface area contributed by atoms with Crippen LogP contribution >= 0.6 is 0 Å². The first-order valence-corrected chi connectivity index (χ1v) is 9.63. The highest BCUT2D eigenvalue weighted by Gasteiger charge is 2.53. The third-order valence-corrected chi connectivity index (χ3v) is 6.30. The molecule has 3 saturated heterocycles. The van der Waals surface area contributed by atoms with Crippen LogP contribution in [-0.2, 0) is 4.79 Å². The number of nitrogens with zero attached hydrogens (tertiary/aromatic N) is 1. The molecular formula is C23H27NO. The third-order valence-electron chi connectivity index (χ3n) is 6.30. The van der Waals surface area contributed by atoms with Crippen molar-refractivity contribution < 1.29 is 4.79 Å². The third kappa shape index (κ3) is 2.83. The number of Topliss-reactive ketones (excluding diaryl/α,β-unsaturated/α-hetero) is 1. The molecule has 1 unspecified atom stereocenters. The SMILES string of the molecule is CCCC12CCN(CC1)C(C(c1ccccc1)c1ccccc1)C2=O. The van der Waals surface area contributed by atoms with Crippen LogP contribution in [0.4, 0.5) is 0 Å².